The first-order chi connectivity index (χ1) is 7.15. The van der Waals surface area contributed by atoms with Gasteiger partial charge in [-0.05, 0) is 48.3 Å². The molecular weight excluding hydrogens is 182 g/mol. The molecule has 1 aromatic carbocycles. The van der Waals surface area contributed by atoms with Crippen molar-refractivity contribution in [2.75, 3.05) is 6.54 Å². The third-order valence-corrected chi connectivity index (χ3v) is 3.76. The largest absolute Gasteiger partial charge is 0.330 e. The molecule has 0 saturated carbocycles. The van der Waals surface area contributed by atoms with E-state index < -0.39 is 0 Å². The molecule has 0 spiro atoms. The fourth-order valence-corrected chi connectivity index (χ4v) is 2.80. The lowest BCUT2D eigenvalue weighted by molar-refractivity contribution is 0.384. The molecule has 0 aromatic heterocycles. The van der Waals surface area contributed by atoms with E-state index in [4.69, 9.17) is 5.73 Å². The average molecular weight is 203 g/mol. The van der Waals surface area contributed by atoms with E-state index in [0.717, 1.165) is 13.0 Å². The Hall–Kier alpha value is -0.820. The minimum Gasteiger partial charge on any atom is -0.330 e. The summed E-state index contributed by atoms with van der Waals surface area (Å²) in [4.78, 5) is 0. The van der Waals surface area contributed by atoms with E-state index in [0.29, 0.717) is 11.3 Å². The maximum absolute atomic E-state index is 5.68. The molecule has 1 aliphatic carbocycles. The number of benzene rings is 1. The first kappa shape index (κ1) is 10.7. The van der Waals surface area contributed by atoms with Gasteiger partial charge in [0.05, 0.1) is 0 Å². The molecule has 1 nitrogen and oxygen atoms in total. The summed E-state index contributed by atoms with van der Waals surface area (Å²) in [6, 6.07) is 8.89. The predicted octanol–water partition coefficient (Wildman–Crippen LogP) is 3.19. The molecule has 1 aliphatic rings. The van der Waals surface area contributed by atoms with Crippen molar-refractivity contribution in [1.82, 2.24) is 0 Å². The first-order valence-electron chi connectivity index (χ1n) is 5.94. The highest BCUT2D eigenvalue weighted by atomic mass is 14.5. The quantitative estimate of drug-likeness (QED) is 0.785. The Bertz CT molecular complexity index is 341. The highest BCUT2D eigenvalue weighted by Crippen LogP contribution is 2.43. The van der Waals surface area contributed by atoms with E-state index >= 15 is 0 Å². The van der Waals surface area contributed by atoms with Gasteiger partial charge in [0.15, 0.2) is 0 Å². The molecule has 0 saturated heterocycles. The lowest BCUT2D eigenvalue weighted by Gasteiger charge is -2.37. The van der Waals surface area contributed by atoms with Gasteiger partial charge in [-0.3, -0.25) is 0 Å². The summed E-state index contributed by atoms with van der Waals surface area (Å²) in [5, 5.41) is 0. The summed E-state index contributed by atoms with van der Waals surface area (Å²) in [6.07, 6.45) is 3.71. The van der Waals surface area contributed by atoms with Crippen molar-refractivity contribution < 1.29 is 0 Å². The van der Waals surface area contributed by atoms with E-state index in [1.54, 1.807) is 5.56 Å². The normalized spacial score (nSPS) is 23.5. The fourth-order valence-electron chi connectivity index (χ4n) is 2.80. The van der Waals surface area contributed by atoms with Crippen LogP contribution in [-0.2, 0) is 5.41 Å². The Kier molecular flexibility index (Phi) is 2.83. The highest BCUT2D eigenvalue weighted by Gasteiger charge is 2.31. The summed E-state index contributed by atoms with van der Waals surface area (Å²) in [7, 11) is 0. The van der Waals surface area contributed by atoms with Crippen LogP contribution in [-0.4, -0.2) is 6.54 Å². The molecule has 15 heavy (non-hydrogen) atoms. The third-order valence-electron chi connectivity index (χ3n) is 3.76. The zero-order valence-electron chi connectivity index (χ0n) is 9.79. The lowest BCUT2D eigenvalue weighted by atomic mass is 9.68. The van der Waals surface area contributed by atoms with Gasteiger partial charge in [0.25, 0.3) is 0 Å². The van der Waals surface area contributed by atoms with Crippen molar-refractivity contribution in [3.8, 4) is 0 Å². The van der Waals surface area contributed by atoms with Gasteiger partial charge in [0, 0.05) is 0 Å². The van der Waals surface area contributed by atoms with Gasteiger partial charge in [-0.15, -0.1) is 0 Å². The van der Waals surface area contributed by atoms with Crippen LogP contribution in [0.3, 0.4) is 0 Å². The van der Waals surface area contributed by atoms with Crippen molar-refractivity contribution >= 4 is 0 Å². The van der Waals surface area contributed by atoms with Crippen molar-refractivity contribution in [1.29, 1.82) is 0 Å². The maximum Gasteiger partial charge on any atom is -0.00714 e. The minimum atomic E-state index is 0.349. The van der Waals surface area contributed by atoms with Gasteiger partial charge in [0.2, 0.25) is 0 Å². The maximum atomic E-state index is 5.68. The van der Waals surface area contributed by atoms with Crippen LogP contribution in [0.1, 0.15) is 50.2 Å². The molecule has 82 valence electrons. The molecule has 0 aliphatic heterocycles. The average Bonchev–Trinajstić information content (AvgIpc) is 2.23. The Morgan fingerprint density at radius 3 is 2.80 bits per heavy atom. The molecule has 0 amide bonds. The smallest absolute Gasteiger partial charge is 0.00714 e. The molecule has 0 heterocycles. The van der Waals surface area contributed by atoms with Crippen LogP contribution in [0.15, 0.2) is 24.3 Å². The molecule has 0 unspecified atom stereocenters. The monoisotopic (exact) mass is 203 g/mol. The van der Waals surface area contributed by atoms with Gasteiger partial charge < -0.3 is 5.73 Å². The lowest BCUT2D eigenvalue weighted by Crippen LogP contribution is -2.27. The molecule has 0 radical (unpaired) electrons. The second-order valence-electron chi connectivity index (χ2n) is 5.28. The Balaban J connectivity index is 2.39. The van der Waals surface area contributed by atoms with Gasteiger partial charge >= 0.3 is 0 Å². The van der Waals surface area contributed by atoms with Crippen molar-refractivity contribution in [3.05, 3.63) is 35.4 Å². The van der Waals surface area contributed by atoms with Crippen LogP contribution < -0.4 is 5.73 Å². The zero-order valence-corrected chi connectivity index (χ0v) is 9.79. The predicted molar refractivity (Wildman–Crippen MR) is 65.1 cm³/mol. The Morgan fingerprint density at radius 1 is 1.33 bits per heavy atom. The van der Waals surface area contributed by atoms with Crippen molar-refractivity contribution in [2.24, 2.45) is 5.73 Å². The van der Waals surface area contributed by atoms with Crippen molar-refractivity contribution in [3.63, 3.8) is 0 Å². The van der Waals surface area contributed by atoms with Crippen LogP contribution in [0.25, 0.3) is 0 Å². The standard InChI is InChI=1S/C14H21N/c1-14(2)9-7-11(8-10-15)12-5-3-4-6-13(12)14/h3-6,11H,7-10,15H2,1-2H3/t11-/m1/s1. The zero-order chi connectivity index (χ0) is 10.9. The number of nitrogens with two attached hydrogens (primary N) is 1. The number of hydrogen-bond donors (Lipinski definition) is 1. The molecular formula is C14H21N. The van der Waals surface area contributed by atoms with Crippen LogP contribution in [0.2, 0.25) is 0 Å². The number of hydrogen-bond acceptors (Lipinski definition) is 1. The summed E-state index contributed by atoms with van der Waals surface area (Å²) in [5.74, 6) is 0.694. The van der Waals surface area contributed by atoms with Gasteiger partial charge in [0.1, 0.15) is 0 Å². The van der Waals surface area contributed by atoms with Gasteiger partial charge in [-0.2, -0.15) is 0 Å². The second-order valence-corrected chi connectivity index (χ2v) is 5.28. The summed E-state index contributed by atoms with van der Waals surface area (Å²) in [5.41, 5.74) is 9.11. The summed E-state index contributed by atoms with van der Waals surface area (Å²) in [6.45, 7) is 5.51. The van der Waals surface area contributed by atoms with E-state index in [9.17, 15) is 0 Å². The van der Waals surface area contributed by atoms with Crippen molar-refractivity contribution in [2.45, 2.75) is 44.4 Å². The SMILES string of the molecule is CC1(C)CC[C@H](CCN)c2ccccc21. The molecule has 1 atom stereocenters. The topological polar surface area (TPSA) is 26.0 Å². The Morgan fingerprint density at radius 2 is 2.07 bits per heavy atom. The second kappa shape index (κ2) is 3.97. The third kappa shape index (κ3) is 1.93. The van der Waals surface area contributed by atoms with E-state index in [2.05, 4.69) is 38.1 Å². The number of fused-ring (bicyclic) bond motifs is 1. The Labute approximate surface area is 92.7 Å². The van der Waals surface area contributed by atoms with Crippen LogP contribution in [0, 0.1) is 0 Å². The van der Waals surface area contributed by atoms with E-state index in [1.165, 1.54) is 18.4 Å². The van der Waals surface area contributed by atoms with E-state index in [-0.39, 0.29) is 0 Å². The molecule has 1 aromatic rings. The highest BCUT2D eigenvalue weighted by molar-refractivity contribution is 5.38. The molecule has 2 rings (SSSR count). The number of rotatable bonds is 2. The van der Waals surface area contributed by atoms with Crippen LogP contribution in [0.4, 0.5) is 0 Å². The van der Waals surface area contributed by atoms with E-state index in [1.807, 2.05) is 0 Å². The summed E-state index contributed by atoms with van der Waals surface area (Å²) < 4.78 is 0. The fraction of sp³-hybridized carbons (Fsp3) is 0.571. The van der Waals surface area contributed by atoms with Gasteiger partial charge in [-0.25, -0.2) is 0 Å². The molecule has 0 bridgehead atoms. The summed E-state index contributed by atoms with van der Waals surface area (Å²) >= 11 is 0. The van der Waals surface area contributed by atoms with Gasteiger partial charge in [-0.1, -0.05) is 38.1 Å². The molecule has 2 N–H and O–H groups in total. The molecule has 0 fully saturated rings. The van der Waals surface area contributed by atoms with Crippen LogP contribution in [0.5, 0.6) is 0 Å². The van der Waals surface area contributed by atoms with Crippen LogP contribution >= 0.6 is 0 Å². The first-order valence-corrected chi connectivity index (χ1v) is 5.94. The minimum absolute atomic E-state index is 0.349. The molecule has 1 heteroatoms.